The Hall–Kier alpha value is -0.870. The first-order valence-corrected chi connectivity index (χ1v) is 6.30. The Kier molecular flexibility index (Phi) is 6.22. The molecule has 1 aromatic heterocycles. The van der Waals surface area contributed by atoms with E-state index in [1.54, 1.807) is 0 Å². The summed E-state index contributed by atoms with van der Waals surface area (Å²) in [6.07, 6.45) is 4.56. The molecule has 3 N–H and O–H groups in total. The van der Waals surface area contributed by atoms with Crippen LogP contribution in [0, 0.1) is 11.7 Å². The zero-order chi connectivity index (χ0) is 12.7. The monoisotopic (exact) mass is 259 g/mol. The van der Waals surface area contributed by atoms with Crippen LogP contribution in [0.15, 0.2) is 12.3 Å². The molecule has 0 bridgehead atoms. The fraction of sp³-hybridized carbons (Fsp3) is 0.583. The van der Waals surface area contributed by atoms with E-state index in [1.807, 2.05) is 0 Å². The molecule has 1 heterocycles. The highest BCUT2D eigenvalue weighted by Gasteiger charge is 2.09. The van der Waals surface area contributed by atoms with Gasteiger partial charge in [0.05, 0.1) is 5.02 Å². The van der Waals surface area contributed by atoms with Crippen LogP contribution in [0.4, 0.5) is 10.2 Å². The predicted octanol–water partition coefficient (Wildman–Crippen LogP) is 3.05. The minimum Gasteiger partial charge on any atom is -0.367 e. The number of nitrogens with one attached hydrogen (secondary N) is 1. The number of anilines is 1. The normalized spacial score (nSPS) is 12.5. The second-order valence-corrected chi connectivity index (χ2v) is 4.53. The third-order valence-electron chi connectivity index (χ3n) is 2.64. The molecule has 0 radical (unpaired) electrons. The van der Waals surface area contributed by atoms with Crippen molar-refractivity contribution in [2.75, 3.05) is 18.4 Å². The smallest absolute Gasteiger partial charge is 0.166 e. The lowest BCUT2D eigenvalue weighted by molar-refractivity contribution is 0.471. The van der Waals surface area contributed by atoms with Crippen molar-refractivity contribution in [1.82, 2.24) is 4.98 Å². The van der Waals surface area contributed by atoms with Gasteiger partial charge in [0, 0.05) is 12.7 Å². The summed E-state index contributed by atoms with van der Waals surface area (Å²) in [5, 5.41) is 3.32. The maximum absolute atomic E-state index is 13.4. The Balaban J connectivity index is 2.52. The van der Waals surface area contributed by atoms with Gasteiger partial charge in [0.2, 0.25) is 0 Å². The van der Waals surface area contributed by atoms with Crippen LogP contribution in [0.5, 0.6) is 0 Å². The molecule has 0 saturated heterocycles. The van der Waals surface area contributed by atoms with Crippen LogP contribution in [0.2, 0.25) is 5.02 Å². The molecule has 17 heavy (non-hydrogen) atoms. The first-order chi connectivity index (χ1) is 8.17. The summed E-state index contributed by atoms with van der Waals surface area (Å²) in [7, 11) is 0. The van der Waals surface area contributed by atoms with E-state index in [1.165, 1.54) is 12.3 Å². The van der Waals surface area contributed by atoms with Gasteiger partial charge in [-0.2, -0.15) is 0 Å². The molecule has 1 unspecified atom stereocenters. The van der Waals surface area contributed by atoms with Gasteiger partial charge in [-0.15, -0.1) is 0 Å². The van der Waals surface area contributed by atoms with Crippen LogP contribution in [0.3, 0.4) is 0 Å². The van der Waals surface area contributed by atoms with Crippen LogP contribution in [0.1, 0.15) is 26.2 Å². The average Bonchev–Trinajstić information content (AvgIpc) is 2.28. The highest BCUT2D eigenvalue weighted by atomic mass is 35.5. The van der Waals surface area contributed by atoms with Crippen LogP contribution in [-0.2, 0) is 0 Å². The summed E-state index contributed by atoms with van der Waals surface area (Å²) in [5.74, 6) is 0.301. The number of rotatable bonds is 7. The molecule has 0 fully saturated rings. The van der Waals surface area contributed by atoms with Gasteiger partial charge >= 0.3 is 0 Å². The topological polar surface area (TPSA) is 50.9 Å². The second-order valence-electron chi connectivity index (χ2n) is 4.10. The summed E-state index contributed by atoms with van der Waals surface area (Å²) in [6.45, 7) is 3.48. The quantitative estimate of drug-likeness (QED) is 0.791. The molecule has 5 heteroatoms. The van der Waals surface area contributed by atoms with E-state index in [0.717, 1.165) is 19.3 Å². The minimum absolute atomic E-state index is 0.257. The maximum atomic E-state index is 13.4. The van der Waals surface area contributed by atoms with E-state index < -0.39 is 5.82 Å². The van der Waals surface area contributed by atoms with Crippen molar-refractivity contribution in [1.29, 1.82) is 0 Å². The maximum Gasteiger partial charge on any atom is 0.166 e. The molecule has 1 atom stereocenters. The summed E-state index contributed by atoms with van der Waals surface area (Å²) in [6, 6.07) is 1.26. The van der Waals surface area contributed by atoms with Gasteiger partial charge in [-0.3, -0.25) is 0 Å². The minimum atomic E-state index is -0.416. The third-order valence-corrected chi connectivity index (χ3v) is 2.84. The van der Waals surface area contributed by atoms with Gasteiger partial charge in [-0.1, -0.05) is 24.9 Å². The Morgan fingerprint density at radius 1 is 1.53 bits per heavy atom. The van der Waals surface area contributed by atoms with Gasteiger partial charge in [0.1, 0.15) is 0 Å². The largest absolute Gasteiger partial charge is 0.367 e. The van der Waals surface area contributed by atoms with Crippen molar-refractivity contribution in [3.8, 4) is 0 Å². The van der Waals surface area contributed by atoms with E-state index >= 15 is 0 Å². The van der Waals surface area contributed by atoms with Crippen molar-refractivity contribution < 1.29 is 4.39 Å². The molecule has 0 saturated carbocycles. The van der Waals surface area contributed by atoms with Crippen LogP contribution in [0.25, 0.3) is 0 Å². The van der Waals surface area contributed by atoms with Gasteiger partial charge in [0.25, 0.3) is 0 Å². The average molecular weight is 260 g/mol. The zero-order valence-corrected chi connectivity index (χ0v) is 10.8. The Labute approximate surface area is 107 Å². The predicted molar refractivity (Wildman–Crippen MR) is 69.8 cm³/mol. The molecule has 0 aliphatic rings. The van der Waals surface area contributed by atoms with Crippen molar-refractivity contribution in [2.24, 2.45) is 11.7 Å². The highest BCUT2D eigenvalue weighted by molar-refractivity contribution is 6.30. The lowest BCUT2D eigenvalue weighted by Gasteiger charge is -2.16. The Bertz CT molecular complexity index is 341. The van der Waals surface area contributed by atoms with E-state index in [0.29, 0.717) is 24.0 Å². The SMILES string of the molecule is CCCC(CCN)CNc1ncc(Cl)cc1F. The molecular formula is C12H19ClFN3. The molecule has 0 amide bonds. The Morgan fingerprint density at radius 2 is 2.29 bits per heavy atom. The molecule has 0 aromatic carbocycles. The van der Waals surface area contributed by atoms with Crippen molar-refractivity contribution in [3.63, 3.8) is 0 Å². The summed E-state index contributed by atoms with van der Waals surface area (Å²) in [4.78, 5) is 3.92. The standard InChI is InChI=1S/C12H19ClFN3/c1-2-3-9(4-5-15)7-16-12-11(14)6-10(13)8-17-12/h6,8-9H,2-5,7,15H2,1H3,(H,16,17). The number of nitrogens with zero attached hydrogens (tertiary/aromatic N) is 1. The van der Waals surface area contributed by atoms with Crippen LogP contribution >= 0.6 is 11.6 Å². The van der Waals surface area contributed by atoms with Gasteiger partial charge in [-0.05, 0) is 31.4 Å². The van der Waals surface area contributed by atoms with Gasteiger partial charge < -0.3 is 11.1 Å². The summed E-state index contributed by atoms with van der Waals surface area (Å²) < 4.78 is 13.4. The highest BCUT2D eigenvalue weighted by Crippen LogP contribution is 2.17. The second kappa shape index (κ2) is 7.45. The lowest BCUT2D eigenvalue weighted by atomic mass is 10.00. The third kappa shape index (κ3) is 4.88. The van der Waals surface area contributed by atoms with E-state index in [-0.39, 0.29) is 5.82 Å². The molecule has 0 spiro atoms. The fourth-order valence-electron chi connectivity index (χ4n) is 1.78. The van der Waals surface area contributed by atoms with E-state index in [2.05, 4.69) is 17.2 Å². The van der Waals surface area contributed by atoms with Crippen LogP contribution < -0.4 is 11.1 Å². The summed E-state index contributed by atoms with van der Waals surface area (Å²) in [5.41, 5.74) is 5.54. The number of aromatic nitrogens is 1. The number of nitrogens with two attached hydrogens (primary N) is 1. The fourth-order valence-corrected chi connectivity index (χ4v) is 1.92. The van der Waals surface area contributed by atoms with Crippen molar-refractivity contribution in [2.45, 2.75) is 26.2 Å². The van der Waals surface area contributed by atoms with Crippen molar-refractivity contribution >= 4 is 17.4 Å². The number of pyridine rings is 1. The van der Waals surface area contributed by atoms with Crippen LogP contribution in [-0.4, -0.2) is 18.1 Å². The summed E-state index contributed by atoms with van der Waals surface area (Å²) >= 11 is 5.63. The molecular weight excluding hydrogens is 241 g/mol. The van der Waals surface area contributed by atoms with Crippen molar-refractivity contribution in [3.05, 3.63) is 23.1 Å². The van der Waals surface area contributed by atoms with E-state index in [9.17, 15) is 4.39 Å². The molecule has 0 aliphatic heterocycles. The Morgan fingerprint density at radius 3 is 2.88 bits per heavy atom. The van der Waals surface area contributed by atoms with Gasteiger partial charge in [0.15, 0.2) is 11.6 Å². The molecule has 3 nitrogen and oxygen atoms in total. The molecule has 0 aliphatic carbocycles. The van der Waals surface area contributed by atoms with Gasteiger partial charge in [-0.25, -0.2) is 9.37 Å². The lowest BCUT2D eigenvalue weighted by Crippen LogP contribution is -2.19. The first-order valence-electron chi connectivity index (χ1n) is 5.92. The first kappa shape index (κ1) is 14.2. The molecule has 1 aromatic rings. The molecule has 1 rings (SSSR count). The van der Waals surface area contributed by atoms with E-state index in [4.69, 9.17) is 17.3 Å². The number of hydrogen-bond donors (Lipinski definition) is 2. The molecule has 96 valence electrons. The number of halogens is 2. The zero-order valence-electron chi connectivity index (χ0n) is 10.0. The number of hydrogen-bond acceptors (Lipinski definition) is 3.